The second kappa shape index (κ2) is 13.4. The fourth-order valence-electron chi connectivity index (χ4n) is 2.18. The van der Waals surface area contributed by atoms with Gasteiger partial charge in [-0.15, -0.1) is 24.0 Å². The molecule has 0 atom stereocenters. The van der Waals surface area contributed by atoms with Gasteiger partial charge in [-0.2, -0.15) is 0 Å². The number of aliphatic imine (C=N–C) groups is 1. The third-order valence-corrected chi connectivity index (χ3v) is 3.46. The van der Waals surface area contributed by atoms with Crippen LogP contribution in [0.5, 0.6) is 5.75 Å². The van der Waals surface area contributed by atoms with E-state index in [-0.39, 0.29) is 24.0 Å². The van der Waals surface area contributed by atoms with E-state index in [0.29, 0.717) is 12.6 Å². The van der Waals surface area contributed by atoms with Crippen LogP contribution in [0.25, 0.3) is 0 Å². The minimum Gasteiger partial charge on any atom is -0.492 e. The summed E-state index contributed by atoms with van der Waals surface area (Å²) in [5.41, 5.74) is 0. The van der Waals surface area contributed by atoms with E-state index < -0.39 is 0 Å². The smallest absolute Gasteiger partial charge is 0.191 e. The zero-order valence-corrected chi connectivity index (χ0v) is 17.0. The summed E-state index contributed by atoms with van der Waals surface area (Å²) >= 11 is 0. The van der Waals surface area contributed by atoms with Gasteiger partial charge in [0.05, 0.1) is 6.54 Å². The molecule has 0 heterocycles. The third-order valence-electron chi connectivity index (χ3n) is 3.46. The van der Waals surface area contributed by atoms with Crippen molar-refractivity contribution in [2.45, 2.75) is 26.8 Å². The van der Waals surface area contributed by atoms with Crippen molar-refractivity contribution in [1.82, 2.24) is 15.5 Å². The van der Waals surface area contributed by atoms with Gasteiger partial charge in [0.1, 0.15) is 12.4 Å². The first-order chi connectivity index (χ1) is 10.7. The Morgan fingerprint density at radius 3 is 2.39 bits per heavy atom. The molecule has 5 nitrogen and oxygen atoms in total. The molecule has 0 amide bonds. The molecule has 0 aliphatic carbocycles. The number of guanidine groups is 1. The molecule has 0 fully saturated rings. The number of hydrogen-bond donors (Lipinski definition) is 2. The second-order valence-corrected chi connectivity index (χ2v) is 5.31. The summed E-state index contributed by atoms with van der Waals surface area (Å²) in [4.78, 5) is 6.64. The molecule has 6 heteroatoms. The van der Waals surface area contributed by atoms with Crippen LogP contribution < -0.4 is 15.4 Å². The predicted octanol–water partition coefficient (Wildman–Crippen LogP) is 2.58. The van der Waals surface area contributed by atoms with Gasteiger partial charge >= 0.3 is 0 Å². The average Bonchev–Trinajstić information content (AvgIpc) is 2.54. The zero-order valence-electron chi connectivity index (χ0n) is 14.7. The third kappa shape index (κ3) is 9.65. The van der Waals surface area contributed by atoms with E-state index in [9.17, 15) is 0 Å². The van der Waals surface area contributed by atoms with Crippen molar-refractivity contribution in [2.24, 2.45) is 4.99 Å². The van der Waals surface area contributed by atoms with Crippen LogP contribution in [-0.4, -0.2) is 56.7 Å². The number of benzene rings is 1. The summed E-state index contributed by atoms with van der Waals surface area (Å²) in [6.07, 6.45) is 0. The van der Waals surface area contributed by atoms with Crippen molar-refractivity contribution in [3.05, 3.63) is 30.3 Å². The summed E-state index contributed by atoms with van der Waals surface area (Å²) < 4.78 is 5.64. The lowest BCUT2D eigenvalue weighted by molar-refractivity contribution is 0.237. The lowest BCUT2D eigenvalue weighted by atomic mass is 10.3. The van der Waals surface area contributed by atoms with Gasteiger partial charge in [0.15, 0.2) is 5.96 Å². The molecule has 0 unspecified atom stereocenters. The Kier molecular flexibility index (Phi) is 12.8. The van der Waals surface area contributed by atoms with E-state index >= 15 is 0 Å². The highest BCUT2D eigenvalue weighted by Crippen LogP contribution is 2.07. The molecule has 132 valence electrons. The summed E-state index contributed by atoms with van der Waals surface area (Å²) in [5.74, 6) is 1.71. The summed E-state index contributed by atoms with van der Waals surface area (Å²) in [7, 11) is 1.79. The van der Waals surface area contributed by atoms with E-state index in [4.69, 9.17) is 4.74 Å². The number of likely N-dealkylation sites (N-methyl/N-ethyl adjacent to an activating group) is 1. The lowest BCUT2D eigenvalue weighted by Gasteiger charge is -2.25. The van der Waals surface area contributed by atoms with Crippen molar-refractivity contribution < 1.29 is 4.74 Å². The van der Waals surface area contributed by atoms with Crippen LogP contribution in [0.3, 0.4) is 0 Å². The van der Waals surface area contributed by atoms with Crippen LogP contribution in [-0.2, 0) is 0 Å². The molecule has 0 aliphatic rings. The van der Waals surface area contributed by atoms with Gasteiger partial charge in [0.25, 0.3) is 0 Å². The van der Waals surface area contributed by atoms with Crippen LogP contribution in [0, 0.1) is 0 Å². The Morgan fingerprint density at radius 1 is 1.17 bits per heavy atom. The largest absolute Gasteiger partial charge is 0.492 e. The Labute approximate surface area is 157 Å². The molecule has 0 saturated heterocycles. The number of hydrogen-bond acceptors (Lipinski definition) is 3. The first kappa shape index (κ1) is 22.0. The SMILES string of the molecule is CCN(CCNC(=NC)NCCOc1ccccc1)C(C)C.I. The van der Waals surface area contributed by atoms with Gasteiger partial charge in [-0.1, -0.05) is 25.1 Å². The number of para-hydroxylation sites is 1. The maximum Gasteiger partial charge on any atom is 0.191 e. The predicted molar refractivity (Wildman–Crippen MR) is 109 cm³/mol. The lowest BCUT2D eigenvalue weighted by Crippen LogP contribution is -2.44. The number of halogens is 1. The molecule has 0 spiro atoms. The first-order valence-corrected chi connectivity index (χ1v) is 8.03. The summed E-state index contributed by atoms with van der Waals surface area (Å²) in [5, 5.41) is 6.59. The second-order valence-electron chi connectivity index (χ2n) is 5.31. The monoisotopic (exact) mass is 434 g/mol. The highest BCUT2D eigenvalue weighted by molar-refractivity contribution is 14.0. The van der Waals surface area contributed by atoms with Gasteiger partial charge in [-0.3, -0.25) is 9.89 Å². The minimum atomic E-state index is 0. The van der Waals surface area contributed by atoms with Crippen molar-refractivity contribution >= 4 is 29.9 Å². The quantitative estimate of drug-likeness (QED) is 0.272. The Balaban J connectivity index is 0.00000484. The maximum absolute atomic E-state index is 5.64. The van der Waals surface area contributed by atoms with Crippen LogP contribution in [0.15, 0.2) is 35.3 Å². The van der Waals surface area contributed by atoms with Crippen molar-refractivity contribution in [3.8, 4) is 5.75 Å². The number of nitrogens with one attached hydrogen (secondary N) is 2. The standard InChI is InChI=1S/C17H30N4O.HI/c1-5-21(15(2)3)13-11-19-17(18-4)20-12-14-22-16-9-7-6-8-10-16;/h6-10,15H,5,11-14H2,1-4H3,(H2,18,19,20);1H. The maximum atomic E-state index is 5.64. The van der Waals surface area contributed by atoms with Crippen molar-refractivity contribution in [1.29, 1.82) is 0 Å². The molecule has 1 aromatic carbocycles. The Hall–Kier alpha value is -1.02. The molecule has 1 aromatic rings. The highest BCUT2D eigenvalue weighted by atomic mass is 127. The summed E-state index contributed by atoms with van der Waals surface area (Å²) in [6.45, 7) is 10.9. The van der Waals surface area contributed by atoms with E-state index in [1.165, 1.54) is 0 Å². The minimum absolute atomic E-state index is 0. The van der Waals surface area contributed by atoms with Gasteiger partial charge in [-0.05, 0) is 32.5 Å². The van der Waals surface area contributed by atoms with E-state index in [1.807, 2.05) is 30.3 Å². The van der Waals surface area contributed by atoms with Gasteiger partial charge in [0, 0.05) is 26.2 Å². The molecule has 23 heavy (non-hydrogen) atoms. The molecule has 0 aliphatic heterocycles. The average molecular weight is 434 g/mol. The molecular formula is C17H31IN4O. The fraction of sp³-hybridized carbons (Fsp3) is 0.588. The van der Waals surface area contributed by atoms with Gasteiger partial charge in [-0.25, -0.2) is 0 Å². The topological polar surface area (TPSA) is 48.9 Å². The van der Waals surface area contributed by atoms with E-state index in [0.717, 1.165) is 37.9 Å². The van der Waals surface area contributed by atoms with Crippen LogP contribution >= 0.6 is 24.0 Å². The van der Waals surface area contributed by atoms with Crippen molar-refractivity contribution in [2.75, 3.05) is 39.8 Å². The fourth-order valence-corrected chi connectivity index (χ4v) is 2.18. The molecule has 0 aromatic heterocycles. The Morgan fingerprint density at radius 2 is 1.83 bits per heavy atom. The van der Waals surface area contributed by atoms with E-state index in [2.05, 4.69) is 41.3 Å². The number of rotatable bonds is 9. The molecule has 1 rings (SSSR count). The van der Waals surface area contributed by atoms with E-state index in [1.54, 1.807) is 7.05 Å². The Bertz CT molecular complexity index is 426. The molecule has 0 saturated carbocycles. The van der Waals surface area contributed by atoms with Crippen LogP contribution in [0.1, 0.15) is 20.8 Å². The summed E-state index contributed by atoms with van der Waals surface area (Å²) in [6, 6.07) is 10.4. The highest BCUT2D eigenvalue weighted by Gasteiger charge is 2.06. The molecular weight excluding hydrogens is 403 g/mol. The molecule has 0 radical (unpaired) electrons. The number of ether oxygens (including phenoxy) is 1. The number of nitrogens with zero attached hydrogens (tertiary/aromatic N) is 2. The van der Waals surface area contributed by atoms with Crippen molar-refractivity contribution in [3.63, 3.8) is 0 Å². The van der Waals surface area contributed by atoms with Crippen LogP contribution in [0.2, 0.25) is 0 Å². The van der Waals surface area contributed by atoms with Gasteiger partial charge in [0.2, 0.25) is 0 Å². The van der Waals surface area contributed by atoms with Gasteiger partial charge < -0.3 is 15.4 Å². The normalized spacial score (nSPS) is 11.3. The van der Waals surface area contributed by atoms with Crippen LogP contribution in [0.4, 0.5) is 0 Å². The molecule has 0 bridgehead atoms. The zero-order chi connectivity index (χ0) is 16.2. The molecule has 2 N–H and O–H groups in total. The first-order valence-electron chi connectivity index (χ1n) is 8.03.